The molecule has 0 bridgehead atoms. The van der Waals surface area contributed by atoms with Crippen LogP contribution in [0.5, 0.6) is 5.75 Å². The molecule has 1 N–H and O–H groups in total. The van der Waals surface area contributed by atoms with Gasteiger partial charge >= 0.3 is 0 Å². The summed E-state index contributed by atoms with van der Waals surface area (Å²) < 4.78 is 5.08. The molecule has 0 spiro atoms. The monoisotopic (exact) mass is 393 g/mol. The first kappa shape index (κ1) is 18.6. The lowest BCUT2D eigenvalue weighted by atomic mass is 10.1. The molecule has 0 aliphatic carbocycles. The minimum atomic E-state index is -0.933. The van der Waals surface area contributed by atoms with Crippen LogP contribution in [-0.4, -0.2) is 48.5 Å². The van der Waals surface area contributed by atoms with Gasteiger partial charge in [-0.25, -0.2) is 4.90 Å². The molecule has 2 heterocycles. The van der Waals surface area contributed by atoms with E-state index >= 15 is 0 Å². The molecule has 2 aromatic rings. The molecule has 1 saturated heterocycles. The van der Waals surface area contributed by atoms with Crippen LogP contribution in [0.25, 0.3) is 0 Å². The third-order valence-electron chi connectivity index (χ3n) is 4.83. The number of nitrogens with one attached hydrogen (secondary N) is 1. The van der Waals surface area contributed by atoms with Crippen LogP contribution in [0.4, 0.5) is 11.4 Å². The van der Waals surface area contributed by atoms with Crippen molar-refractivity contribution in [1.82, 2.24) is 5.01 Å². The number of fused-ring (bicyclic) bond motifs is 1. The van der Waals surface area contributed by atoms with Crippen molar-refractivity contribution >= 4 is 29.1 Å². The normalized spacial score (nSPS) is 20.2. The Morgan fingerprint density at radius 1 is 1.07 bits per heavy atom. The second-order valence-corrected chi connectivity index (χ2v) is 6.82. The van der Waals surface area contributed by atoms with Crippen molar-refractivity contribution in [3.05, 3.63) is 54.1 Å². The van der Waals surface area contributed by atoms with Gasteiger partial charge in [-0.1, -0.05) is 22.9 Å². The Kier molecular flexibility index (Phi) is 4.71. The number of carbonyl (C=O) groups is 3. The summed E-state index contributed by atoms with van der Waals surface area (Å²) in [5.74, 6) is -0.578. The van der Waals surface area contributed by atoms with Gasteiger partial charge in [0.25, 0.3) is 11.8 Å². The van der Waals surface area contributed by atoms with Gasteiger partial charge in [0, 0.05) is 5.69 Å². The van der Waals surface area contributed by atoms with Gasteiger partial charge in [-0.2, -0.15) is 5.11 Å². The van der Waals surface area contributed by atoms with E-state index in [4.69, 9.17) is 4.74 Å². The van der Waals surface area contributed by atoms with Crippen molar-refractivity contribution in [3.63, 3.8) is 0 Å². The predicted octanol–water partition coefficient (Wildman–Crippen LogP) is 1.94. The number of hydrogen-bond donors (Lipinski definition) is 1. The fourth-order valence-electron chi connectivity index (χ4n) is 3.32. The van der Waals surface area contributed by atoms with E-state index in [2.05, 4.69) is 15.7 Å². The highest BCUT2D eigenvalue weighted by atomic mass is 16.5. The highest BCUT2D eigenvalue weighted by Gasteiger charge is 2.55. The molecule has 0 radical (unpaired) electrons. The summed E-state index contributed by atoms with van der Waals surface area (Å²) in [6.07, 6.45) is 0. The van der Waals surface area contributed by atoms with E-state index in [-0.39, 0.29) is 12.5 Å². The van der Waals surface area contributed by atoms with E-state index in [9.17, 15) is 14.4 Å². The number of anilines is 2. The first-order valence-electron chi connectivity index (χ1n) is 9.04. The molecule has 0 aromatic heterocycles. The third kappa shape index (κ3) is 3.42. The molecular formula is C20H19N5O4. The number of hydrogen-bond acceptors (Lipinski definition) is 7. The molecule has 9 heteroatoms. The molecule has 2 aliphatic rings. The number of ether oxygens (including phenoxy) is 1. The molecule has 3 amide bonds. The summed E-state index contributed by atoms with van der Waals surface area (Å²) in [5, 5.41) is 11.8. The van der Waals surface area contributed by atoms with Crippen molar-refractivity contribution < 1.29 is 19.1 Å². The molecule has 1 fully saturated rings. The van der Waals surface area contributed by atoms with Crippen molar-refractivity contribution in [2.24, 2.45) is 10.3 Å². The Morgan fingerprint density at radius 2 is 1.76 bits per heavy atom. The van der Waals surface area contributed by atoms with Gasteiger partial charge in [-0.05, 0) is 43.3 Å². The van der Waals surface area contributed by atoms with E-state index in [1.54, 1.807) is 43.5 Å². The number of nitrogens with zero attached hydrogens (tertiary/aromatic N) is 4. The van der Waals surface area contributed by atoms with Crippen LogP contribution in [0.2, 0.25) is 0 Å². The van der Waals surface area contributed by atoms with Gasteiger partial charge in [0.2, 0.25) is 5.91 Å². The largest absolute Gasteiger partial charge is 0.497 e. The van der Waals surface area contributed by atoms with Crippen LogP contribution in [0, 0.1) is 6.92 Å². The molecule has 148 valence electrons. The molecule has 2 aliphatic heterocycles. The Balaban J connectivity index is 1.45. The number of carbonyl (C=O) groups excluding carboxylic acids is 3. The van der Waals surface area contributed by atoms with Crippen LogP contribution in [0.3, 0.4) is 0 Å². The van der Waals surface area contributed by atoms with Crippen LogP contribution in [-0.2, 0) is 14.4 Å². The number of imide groups is 1. The lowest BCUT2D eigenvalue weighted by molar-refractivity contribution is -0.123. The molecular weight excluding hydrogens is 374 g/mol. The number of benzene rings is 2. The van der Waals surface area contributed by atoms with E-state index in [1.165, 1.54) is 5.01 Å². The minimum Gasteiger partial charge on any atom is -0.497 e. The number of methoxy groups -OCH3 is 1. The Bertz CT molecular complexity index is 987. The maximum Gasteiger partial charge on any atom is 0.263 e. The zero-order chi connectivity index (χ0) is 20.5. The molecule has 0 unspecified atom stereocenters. The van der Waals surface area contributed by atoms with Crippen molar-refractivity contribution in [2.75, 3.05) is 23.9 Å². The van der Waals surface area contributed by atoms with E-state index in [0.717, 1.165) is 10.5 Å². The second kappa shape index (κ2) is 7.34. The molecule has 9 nitrogen and oxygen atoms in total. The SMILES string of the molecule is COc1ccc(NC(=O)CN2N=N[C@@H]3C(=O)N(c4ccc(C)cc4)C(=O)[C@H]32)cc1. The smallest absolute Gasteiger partial charge is 0.263 e. The molecule has 2 aromatic carbocycles. The quantitative estimate of drug-likeness (QED) is 0.782. The van der Waals surface area contributed by atoms with Crippen molar-refractivity contribution in [3.8, 4) is 5.75 Å². The highest BCUT2D eigenvalue weighted by molar-refractivity contribution is 6.25. The fourth-order valence-corrected chi connectivity index (χ4v) is 3.32. The maximum absolute atomic E-state index is 12.9. The Morgan fingerprint density at radius 3 is 2.41 bits per heavy atom. The zero-order valence-corrected chi connectivity index (χ0v) is 15.9. The number of aryl methyl sites for hydroxylation is 1. The summed E-state index contributed by atoms with van der Waals surface area (Å²) >= 11 is 0. The number of amides is 3. The predicted molar refractivity (Wildman–Crippen MR) is 104 cm³/mol. The van der Waals surface area contributed by atoms with Gasteiger partial charge in [0.15, 0.2) is 12.1 Å². The van der Waals surface area contributed by atoms with Crippen LogP contribution in [0.1, 0.15) is 5.56 Å². The summed E-state index contributed by atoms with van der Waals surface area (Å²) in [6.45, 7) is 1.72. The van der Waals surface area contributed by atoms with Crippen LogP contribution >= 0.6 is 0 Å². The van der Waals surface area contributed by atoms with Gasteiger partial charge in [-0.3, -0.25) is 19.4 Å². The maximum atomic E-state index is 12.9. The topological polar surface area (TPSA) is 104 Å². The minimum absolute atomic E-state index is 0.197. The van der Waals surface area contributed by atoms with Gasteiger partial charge in [-0.15, -0.1) is 0 Å². The van der Waals surface area contributed by atoms with Crippen LogP contribution in [0.15, 0.2) is 58.9 Å². The standard InChI is InChI=1S/C20H19N5O4/c1-12-3-7-14(8-4-12)25-19(27)17-18(20(25)28)24(23-22-17)11-16(26)21-13-5-9-15(29-2)10-6-13/h3-10,17-18H,11H2,1-2H3,(H,21,26)/t17-,18-/m0/s1. The Labute approximate surface area is 166 Å². The molecule has 4 rings (SSSR count). The molecule has 0 saturated carbocycles. The van der Waals surface area contributed by atoms with Gasteiger partial charge < -0.3 is 10.1 Å². The average molecular weight is 393 g/mol. The fraction of sp³-hybridized carbons (Fsp3) is 0.250. The third-order valence-corrected chi connectivity index (χ3v) is 4.83. The molecule has 2 atom stereocenters. The van der Waals surface area contributed by atoms with Crippen LogP contribution < -0.4 is 15.0 Å². The zero-order valence-electron chi connectivity index (χ0n) is 15.9. The van der Waals surface area contributed by atoms with E-state index < -0.39 is 23.9 Å². The highest BCUT2D eigenvalue weighted by Crippen LogP contribution is 2.31. The second-order valence-electron chi connectivity index (χ2n) is 6.82. The Hall–Kier alpha value is -3.75. The first-order chi connectivity index (χ1) is 14.0. The van der Waals surface area contributed by atoms with Gasteiger partial charge in [0.05, 0.1) is 12.8 Å². The summed E-state index contributed by atoms with van der Waals surface area (Å²) in [7, 11) is 1.56. The van der Waals surface area contributed by atoms with E-state index in [1.807, 2.05) is 19.1 Å². The first-order valence-corrected chi connectivity index (χ1v) is 9.04. The lowest BCUT2D eigenvalue weighted by Crippen LogP contribution is -2.43. The van der Waals surface area contributed by atoms with Crippen molar-refractivity contribution in [2.45, 2.75) is 19.0 Å². The summed E-state index contributed by atoms with van der Waals surface area (Å²) in [4.78, 5) is 39.1. The summed E-state index contributed by atoms with van der Waals surface area (Å²) in [5.41, 5.74) is 2.08. The summed E-state index contributed by atoms with van der Waals surface area (Å²) in [6, 6.07) is 12.1. The van der Waals surface area contributed by atoms with Gasteiger partial charge in [0.1, 0.15) is 12.3 Å². The van der Waals surface area contributed by atoms with Crippen molar-refractivity contribution in [1.29, 1.82) is 0 Å². The lowest BCUT2D eigenvalue weighted by Gasteiger charge is -2.20. The average Bonchev–Trinajstić information content (AvgIpc) is 3.23. The number of rotatable bonds is 5. The molecule has 29 heavy (non-hydrogen) atoms. The van der Waals surface area contributed by atoms with E-state index in [0.29, 0.717) is 17.1 Å².